The summed E-state index contributed by atoms with van der Waals surface area (Å²) in [5.41, 5.74) is 0.780. The van der Waals surface area contributed by atoms with Crippen molar-refractivity contribution in [3.8, 4) is 0 Å². The Bertz CT molecular complexity index is 545. The molecular weight excluding hydrogens is 220 g/mol. The van der Waals surface area contributed by atoms with Gasteiger partial charge in [0, 0.05) is 0 Å². The molecule has 0 N–H and O–H groups in total. The molecule has 0 heterocycles. The third kappa shape index (κ3) is 2.49. The van der Waals surface area contributed by atoms with Crippen molar-refractivity contribution in [1.29, 1.82) is 0 Å². The van der Waals surface area contributed by atoms with E-state index in [4.69, 9.17) is 0 Å². The lowest BCUT2D eigenvalue weighted by Gasteiger charge is -2.03. The highest BCUT2D eigenvalue weighted by Crippen LogP contribution is 2.15. The van der Waals surface area contributed by atoms with Crippen molar-refractivity contribution in [3.05, 3.63) is 66.2 Å². The van der Waals surface area contributed by atoms with Gasteiger partial charge in [-0.15, -0.1) is 0 Å². The molecule has 0 aliphatic rings. The highest BCUT2D eigenvalue weighted by molar-refractivity contribution is 7.90. The normalized spacial score (nSPS) is 11.2. The molecule has 1 radical (unpaired) electrons. The van der Waals surface area contributed by atoms with Gasteiger partial charge in [0.25, 0.3) is 0 Å². The van der Waals surface area contributed by atoms with Crippen LogP contribution in [0.4, 0.5) is 0 Å². The molecule has 0 unspecified atom stereocenters. The van der Waals surface area contributed by atoms with E-state index in [2.05, 4.69) is 6.07 Å². The zero-order chi connectivity index (χ0) is 11.4. The minimum Gasteiger partial charge on any atom is -0.223 e. The van der Waals surface area contributed by atoms with E-state index in [1.807, 2.05) is 0 Å². The van der Waals surface area contributed by atoms with Crippen LogP contribution in [0, 0.1) is 6.07 Å². The molecule has 0 aromatic heterocycles. The van der Waals surface area contributed by atoms with E-state index in [0.29, 0.717) is 4.90 Å². The predicted octanol–water partition coefficient (Wildman–Crippen LogP) is 2.46. The molecule has 2 aromatic rings. The van der Waals surface area contributed by atoms with Crippen LogP contribution in [-0.2, 0) is 15.6 Å². The first-order chi connectivity index (χ1) is 7.68. The number of hydrogen-bond donors (Lipinski definition) is 0. The summed E-state index contributed by atoms with van der Waals surface area (Å²) >= 11 is 0. The van der Waals surface area contributed by atoms with Crippen molar-refractivity contribution in [2.24, 2.45) is 0 Å². The van der Waals surface area contributed by atoms with Crippen LogP contribution < -0.4 is 0 Å². The van der Waals surface area contributed by atoms with Crippen molar-refractivity contribution in [2.45, 2.75) is 10.6 Å². The first-order valence-electron chi connectivity index (χ1n) is 4.91. The fourth-order valence-electron chi connectivity index (χ4n) is 1.45. The van der Waals surface area contributed by atoms with Crippen LogP contribution in [0.5, 0.6) is 0 Å². The number of rotatable bonds is 3. The first kappa shape index (κ1) is 10.9. The fraction of sp³-hybridized carbons (Fsp3) is 0.0769. The third-order valence-electron chi connectivity index (χ3n) is 2.25. The van der Waals surface area contributed by atoms with E-state index in [9.17, 15) is 8.42 Å². The molecule has 0 atom stereocenters. The maximum absolute atomic E-state index is 12.0. The molecule has 3 heteroatoms. The molecule has 0 aliphatic carbocycles. The minimum atomic E-state index is -3.23. The zero-order valence-electron chi connectivity index (χ0n) is 8.63. The lowest BCUT2D eigenvalue weighted by Crippen LogP contribution is -2.04. The Morgan fingerprint density at radius 3 is 2.19 bits per heavy atom. The van der Waals surface area contributed by atoms with E-state index >= 15 is 0 Å². The molecular formula is C13H11O2S. The molecule has 0 saturated heterocycles. The fourth-order valence-corrected chi connectivity index (χ4v) is 2.82. The van der Waals surface area contributed by atoms with E-state index in [1.54, 1.807) is 54.6 Å². The maximum Gasteiger partial charge on any atom is 0.182 e. The minimum absolute atomic E-state index is 0.0334. The molecule has 0 amide bonds. The number of sulfone groups is 1. The molecule has 0 fully saturated rings. The van der Waals surface area contributed by atoms with Crippen molar-refractivity contribution < 1.29 is 8.42 Å². The lowest BCUT2D eigenvalue weighted by molar-refractivity contribution is 0.595. The van der Waals surface area contributed by atoms with Gasteiger partial charge in [-0.25, -0.2) is 8.42 Å². The second kappa shape index (κ2) is 4.49. The Balaban J connectivity index is 2.29. The molecule has 2 rings (SSSR count). The second-order valence-corrected chi connectivity index (χ2v) is 5.47. The van der Waals surface area contributed by atoms with Crippen molar-refractivity contribution in [1.82, 2.24) is 0 Å². The topological polar surface area (TPSA) is 34.1 Å². The molecule has 81 valence electrons. The van der Waals surface area contributed by atoms with Gasteiger partial charge in [-0.05, 0) is 23.8 Å². The summed E-state index contributed by atoms with van der Waals surface area (Å²) in [6.45, 7) is 0. The van der Waals surface area contributed by atoms with Crippen LogP contribution in [0.2, 0.25) is 0 Å². The van der Waals surface area contributed by atoms with Gasteiger partial charge < -0.3 is 0 Å². The molecule has 2 aromatic carbocycles. The predicted molar refractivity (Wildman–Crippen MR) is 62.6 cm³/mol. The van der Waals surface area contributed by atoms with Crippen LogP contribution in [-0.4, -0.2) is 8.42 Å². The summed E-state index contributed by atoms with van der Waals surface area (Å²) in [5.74, 6) is 0.0334. The summed E-state index contributed by atoms with van der Waals surface area (Å²) < 4.78 is 24.0. The molecule has 16 heavy (non-hydrogen) atoms. The maximum atomic E-state index is 12.0. The summed E-state index contributed by atoms with van der Waals surface area (Å²) in [6, 6.07) is 18.3. The van der Waals surface area contributed by atoms with Crippen LogP contribution in [0.1, 0.15) is 5.56 Å². The summed E-state index contributed by atoms with van der Waals surface area (Å²) in [7, 11) is -3.23. The van der Waals surface area contributed by atoms with Crippen molar-refractivity contribution in [2.75, 3.05) is 0 Å². The monoisotopic (exact) mass is 231 g/mol. The second-order valence-electron chi connectivity index (χ2n) is 3.48. The zero-order valence-corrected chi connectivity index (χ0v) is 9.44. The molecule has 0 saturated carbocycles. The van der Waals surface area contributed by atoms with E-state index < -0.39 is 9.84 Å². The van der Waals surface area contributed by atoms with Gasteiger partial charge in [-0.2, -0.15) is 0 Å². The summed E-state index contributed by atoms with van der Waals surface area (Å²) in [5, 5.41) is 0. The Morgan fingerprint density at radius 2 is 1.56 bits per heavy atom. The molecule has 0 bridgehead atoms. The first-order valence-corrected chi connectivity index (χ1v) is 6.56. The largest absolute Gasteiger partial charge is 0.223 e. The van der Waals surface area contributed by atoms with E-state index in [0.717, 1.165) is 5.56 Å². The van der Waals surface area contributed by atoms with Gasteiger partial charge in [0.15, 0.2) is 9.84 Å². The Kier molecular flexibility index (Phi) is 3.06. The van der Waals surface area contributed by atoms with Crippen LogP contribution in [0.25, 0.3) is 0 Å². The standard InChI is InChI=1S/C13H11O2S/c14-16(15,13-9-5-2-6-10-13)11-12-7-3-1-4-8-12/h2-10H,11H2. The van der Waals surface area contributed by atoms with Gasteiger partial charge in [-0.3, -0.25) is 0 Å². The van der Waals surface area contributed by atoms with Gasteiger partial charge in [-0.1, -0.05) is 42.5 Å². The average Bonchev–Trinajstić information content (AvgIpc) is 2.31. The van der Waals surface area contributed by atoms with Gasteiger partial charge in [0.05, 0.1) is 10.6 Å². The van der Waals surface area contributed by atoms with Crippen molar-refractivity contribution >= 4 is 9.84 Å². The summed E-state index contributed by atoms with van der Waals surface area (Å²) in [4.78, 5) is 0.364. The Labute approximate surface area is 95.5 Å². The lowest BCUT2D eigenvalue weighted by atomic mass is 10.2. The van der Waals surface area contributed by atoms with E-state index in [-0.39, 0.29) is 5.75 Å². The number of hydrogen-bond acceptors (Lipinski definition) is 2. The van der Waals surface area contributed by atoms with Crippen LogP contribution in [0.3, 0.4) is 0 Å². The van der Waals surface area contributed by atoms with Crippen LogP contribution in [0.15, 0.2) is 59.5 Å². The molecule has 0 aliphatic heterocycles. The van der Waals surface area contributed by atoms with Gasteiger partial charge in [0.2, 0.25) is 0 Å². The quantitative estimate of drug-likeness (QED) is 0.813. The van der Waals surface area contributed by atoms with Crippen molar-refractivity contribution in [3.63, 3.8) is 0 Å². The van der Waals surface area contributed by atoms with Crippen LogP contribution >= 0.6 is 0 Å². The average molecular weight is 231 g/mol. The smallest absolute Gasteiger partial charge is 0.182 e. The van der Waals surface area contributed by atoms with Gasteiger partial charge >= 0.3 is 0 Å². The van der Waals surface area contributed by atoms with E-state index in [1.165, 1.54) is 0 Å². The van der Waals surface area contributed by atoms with Gasteiger partial charge in [0.1, 0.15) is 0 Å². The highest BCUT2D eigenvalue weighted by atomic mass is 32.2. The Hall–Kier alpha value is -1.61. The molecule has 2 nitrogen and oxygen atoms in total. The molecule has 0 spiro atoms. The number of benzene rings is 2. The Morgan fingerprint density at radius 1 is 0.938 bits per heavy atom. The third-order valence-corrected chi connectivity index (χ3v) is 3.95. The summed E-state index contributed by atoms with van der Waals surface area (Å²) in [6.07, 6.45) is 0. The SMILES string of the molecule is O=S(=O)(Cc1cc[c]cc1)c1ccccc1. The highest BCUT2D eigenvalue weighted by Gasteiger charge is 2.13.